The summed E-state index contributed by atoms with van der Waals surface area (Å²) in [5.74, 6) is -11.5. The molecular weight excluding hydrogens is 1260 g/mol. The van der Waals surface area contributed by atoms with Crippen molar-refractivity contribution in [2.24, 2.45) is 0 Å². The second-order valence-corrected chi connectivity index (χ2v) is 25.1. The molecule has 0 radical (unpaired) electrons. The highest BCUT2D eigenvalue weighted by atomic mass is 32.2. The fraction of sp³-hybridized carbons (Fsp3) is 0.150. The third-order valence-corrected chi connectivity index (χ3v) is 16.0. The van der Waals surface area contributed by atoms with Crippen LogP contribution in [0.5, 0.6) is 0 Å². The number of aromatic nitrogens is 6. The van der Waals surface area contributed by atoms with Gasteiger partial charge in [0.2, 0.25) is 35.7 Å². The highest BCUT2D eigenvalue weighted by Crippen LogP contribution is 2.32. The SMILES string of the molecule is O=C(O)C[C@H](Nc1nc(Nc2ccc(CCc3ccc(Nc4nc(Nc5cc(S(=O)(=O)O)ccc5S(=O)(=O)O)nc(N[C@@H](CC(=O)O)C(=O)O)n4)cc3S(=O)(=O)O)c(S(=O)(=O)O)c2)nc(Nc2cc(S(=O)(=O)O)ccc2S(=O)(=O)O)n1)C(=O)O. The third kappa shape index (κ3) is 17.3. The van der Waals surface area contributed by atoms with E-state index in [-0.39, 0.29) is 22.5 Å². The average Bonchev–Trinajstić information content (AvgIpc) is 3.43. The van der Waals surface area contributed by atoms with Crippen LogP contribution in [-0.4, -0.2) is 164 Å². The standard InChI is InChI=1S/C40H38N12O26S6/c53-31(54)15-25(33(57)58)45-39-49-35(47-37(51-39)43-23-13-21(79(61,62)63)7-9-27(23)81(67,68)69)41-19-5-3-17(29(11-19)83(73,74)75)1-2-18-4-6-20(12-30(18)84(76,77)78)42-36-48-38(52-40(50-36)46-26(34(59)60)16-32(55)56)44-24-14-22(80(64,65)66)8-10-28(24)82(70,71)72/h3-14,25-26H,1-2,15-16H2,(H,53,54)(H,55,56)(H,57,58)(H,59,60)(H,61,62,63)(H,64,65,66)(H,67,68,69)(H,70,71,72)(H,73,74,75)(H,76,77,78)(H3,41,43,45,47,49,51)(H3,42,44,46,48,50,52)/t25-,26-/m0/s1. The predicted octanol–water partition coefficient (Wildman–Crippen LogP) is 0.976. The number of rotatable bonds is 27. The molecule has 6 aromatic rings. The molecule has 450 valence electrons. The third-order valence-electron chi connectivity index (χ3n) is 10.6. The van der Waals surface area contributed by atoms with Gasteiger partial charge in [0, 0.05) is 11.4 Å². The molecule has 0 spiro atoms. The van der Waals surface area contributed by atoms with E-state index < -0.39 is 199 Å². The van der Waals surface area contributed by atoms with Crippen molar-refractivity contribution in [3.05, 3.63) is 83.9 Å². The van der Waals surface area contributed by atoms with Crippen LogP contribution >= 0.6 is 0 Å². The van der Waals surface area contributed by atoms with Crippen molar-refractivity contribution in [2.75, 3.05) is 31.9 Å². The van der Waals surface area contributed by atoms with Crippen molar-refractivity contribution in [1.29, 1.82) is 0 Å². The van der Waals surface area contributed by atoms with Gasteiger partial charge in [0.25, 0.3) is 60.7 Å². The van der Waals surface area contributed by atoms with Crippen molar-refractivity contribution < 1.29 is 117 Å². The molecule has 0 unspecified atom stereocenters. The predicted molar refractivity (Wildman–Crippen MR) is 279 cm³/mol. The molecule has 0 amide bonds. The maximum Gasteiger partial charge on any atom is 0.326 e. The maximum atomic E-state index is 12.9. The number of carboxylic acid groups (broad SMARTS) is 4. The lowest BCUT2D eigenvalue weighted by Crippen LogP contribution is -2.32. The Labute approximate surface area is 471 Å². The summed E-state index contributed by atoms with van der Waals surface area (Å²) in [6.07, 6.45) is -3.18. The minimum Gasteiger partial charge on any atom is -0.481 e. The van der Waals surface area contributed by atoms with E-state index in [0.29, 0.717) is 36.4 Å². The zero-order chi connectivity index (χ0) is 62.7. The number of benzene rings is 4. The molecule has 6 rings (SSSR count). The zero-order valence-corrected chi connectivity index (χ0v) is 45.9. The summed E-state index contributed by atoms with van der Waals surface area (Å²) in [6.45, 7) is 0. The summed E-state index contributed by atoms with van der Waals surface area (Å²) in [5, 5.41) is 51.6. The average molecular weight is 1300 g/mol. The van der Waals surface area contributed by atoms with Gasteiger partial charge in [0.15, 0.2) is 0 Å². The Morgan fingerprint density at radius 3 is 0.940 bits per heavy atom. The topological polar surface area (TPSA) is 625 Å². The highest BCUT2D eigenvalue weighted by Gasteiger charge is 2.28. The van der Waals surface area contributed by atoms with Crippen molar-refractivity contribution in [2.45, 2.75) is 67.1 Å². The van der Waals surface area contributed by atoms with Gasteiger partial charge in [0.05, 0.1) is 43.8 Å². The highest BCUT2D eigenvalue weighted by molar-refractivity contribution is 7.87. The first-order valence-electron chi connectivity index (χ1n) is 22.1. The Kier molecular flexibility index (Phi) is 18.7. The van der Waals surface area contributed by atoms with Crippen molar-refractivity contribution in [3.8, 4) is 0 Å². The molecular formula is C40H38N12O26S6. The van der Waals surface area contributed by atoms with Gasteiger partial charge in [-0.25, -0.2) is 9.59 Å². The van der Waals surface area contributed by atoms with Crippen molar-refractivity contribution in [1.82, 2.24) is 29.9 Å². The summed E-state index contributed by atoms with van der Waals surface area (Å²) in [7, 11) is -31.1. The fourth-order valence-electron chi connectivity index (χ4n) is 7.08. The lowest BCUT2D eigenvalue weighted by Gasteiger charge is -2.16. The van der Waals surface area contributed by atoms with Gasteiger partial charge >= 0.3 is 23.9 Å². The van der Waals surface area contributed by atoms with E-state index in [1.54, 1.807) is 0 Å². The molecule has 0 aliphatic rings. The van der Waals surface area contributed by atoms with E-state index >= 15 is 0 Å². The molecule has 0 saturated heterocycles. The molecule has 38 nitrogen and oxygen atoms in total. The van der Waals surface area contributed by atoms with Gasteiger partial charge in [-0.3, -0.25) is 36.9 Å². The van der Waals surface area contributed by atoms with E-state index in [0.717, 1.165) is 36.4 Å². The number of hydrogen-bond donors (Lipinski definition) is 16. The second-order valence-electron chi connectivity index (χ2n) is 16.7. The Bertz CT molecular complexity index is 4110. The summed E-state index contributed by atoms with van der Waals surface area (Å²) in [5.41, 5.74) is -2.84. The number of carbonyl (C=O) groups is 4. The summed E-state index contributed by atoms with van der Waals surface area (Å²) < 4.78 is 207. The smallest absolute Gasteiger partial charge is 0.326 e. The molecule has 0 aliphatic heterocycles. The lowest BCUT2D eigenvalue weighted by molar-refractivity contribution is -0.144. The first-order valence-corrected chi connectivity index (χ1v) is 30.7. The molecule has 84 heavy (non-hydrogen) atoms. The first-order chi connectivity index (χ1) is 38.6. The number of aryl methyl sites for hydroxylation is 2. The Morgan fingerprint density at radius 2 is 0.667 bits per heavy atom. The van der Waals surface area contributed by atoms with Crippen LogP contribution in [0.25, 0.3) is 0 Å². The summed E-state index contributed by atoms with van der Waals surface area (Å²) >= 11 is 0. The van der Waals surface area contributed by atoms with Crippen LogP contribution in [0.2, 0.25) is 0 Å². The minimum absolute atomic E-state index is 0.256. The van der Waals surface area contributed by atoms with Gasteiger partial charge in [-0.1, -0.05) is 12.1 Å². The van der Waals surface area contributed by atoms with Crippen LogP contribution in [0.15, 0.2) is 102 Å². The monoisotopic (exact) mass is 1290 g/mol. The van der Waals surface area contributed by atoms with Crippen LogP contribution in [0, 0.1) is 0 Å². The van der Waals surface area contributed by atoms with Crippen molar-refractivity contribution in [3.63, 3.8) is 0 Å². The molecule has 0 aliphatic carbocycles. The van der Waals surface area contributed by atoms with Gasteiger partial charge in [-0.15, -0.1) is 0 Å². The molecule has 2 atom stereocenters. The number of nitrogens with one attached hydrogen (secondary N) is 6. The number of nitrogens with zero attached hydrogens (tertiary/aromatic N) is 6. The molecule has 44 heteroatoms. The molecule has 2 heterocycles. The Hall–Kier alpha value is -8.96. The van der Waals surface area contributed by atoms with Crippen LogP contribution in [0.4, 0.5) is 58.4 Å². The fourth-order valence-corrected chi connectivity index (χ4v) is 10.9. The van der Waals surface area contributed by atoms with E-state index in [4.69, 9.17) is 0 Å². The van der Waals surface area contributed by atoms with Gasteiger partial charge in [-0.2, -0.15) is 80.4 Å². The minimum atomic E-state index is -5.26. The van der Waals surface area contributed by atoms with E-state index in [1.807, 2.05) is 0 Å². The summed E-state index contributed by atoms with van der Waals surface area (Å²) in [6, 6.07) is 5.15. The van der Waals surface area contributed by atoms with Gasteiger partial charge in [0.1, 0.15) is 21.9 Å². The number of hydrogen-bond acceptors (Lipinski definition) is 28. The largest absolute Gasteiger partial charge is 0.481 e. The maximum absolute atomic E-state index is 12.9. The summed E-state index contributed by atoms with van der Waals surface area (Å²) in [4.78, 5) is 64.3. The van der Waals surface area contributed by atoms with Gasteiger partial charge in [-0.05, 0) is 84.6 Å². The zero-order valence-electron chi connectivity index (χ0n) is 41.0. The Balaban J connectivity index is 1.35. The molecule has 16 N–H and O–H groups in total. The normalized spacial score (nSPS) is 13.0. The quantitative estimate of drug-likeness (QED) is 0.0320. The number of aliphatic carboxylic acids is 4. The second kappa shape index (κ2) is 24.5. The van der Waals surface area contributed by atoms with E-state index in [9.17, 15) is 117 Å². The number of anilines is 10. The molecule has 0 saturated carbocycles. The number of carboxylic acids is 4. The van der Waals surface area contributed by atoms with Crippen LogP contribution in [0.1, 0.15) is 24.0 Å². The van der Waals surface area contributed by atoms with E-state index in [1.165, 1.54) is 0 Å². The van der Waals surface area contributed by atoms with Crippen LogP contribution < -0.4 is 31.9 Å². The van der Waals surface area contributed by atoms with Crippen molar-refractivity contribution >= 4 is 143 Å². The molecule has 4 aromatic carbocycles. The van der Waals surface area contributed by atoms with Crippen LogP contribution in [0.3, 0.4) is 0 Å². The molecule has 0 bridgehead atoms. The lowest BCUT2D eigenvalue weighted by atomic mass is 10.0. The Morgan fingerprint density at radius 1 is 0.369 bits per heavy atom. The molecule has 0 fully saturated rings. The van der Waals surface area contributed by atoms with E-state index in [2.05, 4.69) is 61.8 Å². The van der Waals surface area contributed by atoms with Gasteiger partial charge < -0.3 is 52.3 Å². The van der Waals surface area contributed by atoms with Crippen LogP contribution in [-0.2, 0) is 92.7 Å². The first kappa shape index (κ1) is 64.2. The molecule has 2 aromatic heterocycles.